The summed E-state index contributed by atoms with van der Waals surface area (Å²) in [6, 6.07) is 7.78. The van der Waals surface area contributed by atoms with Gasteiger partial charge < -0.3 is 15.2 Å². The first kappa shape index (κ1) is 17.1. The molecule has 0 aliphatic heterocycles. The third-order valence-corrected chi connectivity index (χ3v) is 3.62. The molecule has 0 saturated heterocycles. The lowest BCUT2D eigenvalue weighted by atomic mass is 10.1. The van der Waals surface area contributed by atoms with E-state index in [0.29, 0.717) is 12.5 Å². The second-order valence-corrected chi connectivity index (χ2v) is 6.00. The predicted octanol–water partition coefficient (Wildman–Crippen LogP) is 3.98. The van der Waals surface area contributed by atoms with Crippen LogP contribution in [0.15, 0.2) is 36.7 Å². The normalized spacial score (nSPS) is 10.8. The van der Waals surface area contributed by atoms with Gasteiger partial charge in [0.05, 0.1) is 0 Å². The van der Waals surface area contributed by atoms with Crippen molar-refractivity contribution >= 4 is 11.7 Å². The van der Waals surface area contributed by atoms with Crippen LogP contribution in [0.25, 0.3) is 0 Å². The molecule has 0 saturated carbocycles. The molecule has 0 fully saturated rings. The number of hydrogen-bond donors (Lipinski definition) is 2. The standard InChI is InChI=1S/C18H26N4O/c1-4-5-9-20-18(23)21-16-8-6-7-15(12-16)13-22-11-10-19-17(22)14(2)3/h6-8,10-12,14H,4-5,9,13H2,1-3H3,(H2,20,21,23). The maximum Gasteiger partial charge on any atom is 0.319 e. The first-order valence-corrected chi connectivity index (χ1v) is 8.25. The van der Waals surface area contributed by atoms with Gasteiger partial charge in [-0.3, -0.25) is 0 Å². The number of carbonyl (C=O) groups is 1. The molecule has 1 heterocycles. The first-order valence-electron chi connectivity index (χ1n) is 8.25. The fourth-order valence-electron chi connectivity index (χ4n) is 2.45. The van der Waals surface area contributed by atoms with Crippen LogP contribution in [0.2, 0.25) is 0 Å². The highest BCUT2D eigenvalue weighted by Crippen LogP contribution is 2.16. The fourth-order valence-corrected chi connectivity index (χ4v) is 2.45. The third kappa shape index (κ3) is 5.13. The zero-order valence-electron chi connectivity index (χ0n) is 14.2. The lowest BCUT2D eigenvalue weighted by Gasteiger charge is -2.12. The molecule has 0 aliphatic rings. The number of nitrogens with zero attached hydrogens (tertiary/aromatic N) is 2. The summed E-state index contributed by atoms with van der Waals surface area (Å²) in [5.41, 5.74) is 1.94. The van der Waals surface area contributed by atoms with Gasteiger partial charge in [-0.05, 0) is 24.1 Å². The molecule has 23 heavy (non-hydrogen) atoms. The van der Waals surface area contributed by atoms with E-state index in [4.69, 9.17) is 0 Å². The molecule has 5 nitrogen and oxygen atoms in total. The number of hydrogen-bond acceptors (Lipinski definition) is 2. The van der Waals surface area contributed by atoms with Gasteiger partial charge in [0, 0.05) is 37.1 Å². The number of rotatable bonds is 7. The van der Waals surface area contributed by atoms with Crippen LogP contribution in [0.3, 0.4) is 0 Å². The quantitative estimate of drug-likeness (QED) is 0.760. The van der Waals surface area contributed by atoms with Crippen molar-refractivity contribution in [3.8, 4) is 0 Å². The zero-order chi connectivity index (χ0) is 16.7. The van der Waals surface area contributed by atoms with Crippen LogP contribution in [-0.2, 0) is 6.54 Å². The number of urea groups is 1. The molecular formula is C18H26N4O. The topological polar surface area (TPSA) is 59.0 Å². The molecule has 0 radical (unpaired) electrons. The Hall–Kier alpha value is -2.30. The number of carbonyl (C=O) groups excluding carboxylic acids is 1. The third-order valence-electron chi connectivity index (χ3n) is 3.62. The second-order valence-electron chi connectivity index (χ2n) is 6.00. The van der Waals surface area contributed by atoms with Gasteiger partial charge >= 0.3 is 6.03 Å². The van der Waals surface area contributed by atoms with Crippen LogP contribution in [0.5, 0.6) is 0 Å². The number of anilines is 1. The summed E-state index contributed by atoms with van der Waals surface area (Å²) in [5, 5.41) is 5.74. The molecule has 2 rings (SSSR count). The molecule has 0 aliphatic carbocycles. The fraction of sp³-hybridized carbons (Fsp3) is 0.444. The second kappa shape index (κ2) is 8.36. The van der Waals surface area contributed by atoms with Crippen molar-refractivity contribution in [2.24, 2.45) is 0 Å². The Labute approximate surface area is 138 Å². The van der Waals surface area contributed by atoms with Crippen molar-refractivity contribution in [2.45, 2.75) is 46.1 Å². The zero-order valence-corrected chi connectivity index (χ0v) is 14.2. The van der Waals surface area contributed by atoms with Gasteiger partial charge in [0.1, 0.15) is 5.82 Å². The molecule has 2 N–H and O–H groups in total. The highest BCUT2D eigenvalue weighted by molar-refractivity contribution is 5.89. The van der Waals surface area contributed by atoms with Gasteiger partial charge in [-0.2, -0.15) is 0 Å². The molecule has 124 valence electrons. The number of imidazole rings is 1. The number of benzene rings is 1. The largest absolute Gasteiger partial charge is 0.338 e. The number of unbranched alkanes of at least 4 members (excludes halogenated alkanes) is 1. The molecule has 2 amide bonds. The molecular weight excluding hydrogens is 288 g/mol. The molecule has 5 heteroatoms. The minimum absolute atomic E-state index is 0.152. The van der Waals surface area contributed by atoms with Crippen molar-refractivity contribution in [3.63, 3.8) is 0 Å². The predicted molar refractivity (Wildman–Crippen MR) is 93.8 cm³/mol. The van der Waals surface area contributed by atoms with E-state index in [1.54, 1.807) is 0 Å². The summed E-state index contributed by atoms with van der Waals surface area (Å²) in [6.45, 7) is 7.83. The Morgan fingerprint density at radius 2 is 2.17 bits per heavy atom. The minimum Gasteiger partial charge on any atom is -0.338 e. The molecule has 0 spiro atoms. The molecule has 1 aromatic carbocycles. The van der Waals surface area contributed by atoms with Crippen molar-refractivity contribution in [1.82, 2.24) is 14.9 Å². The monoisotopic (exact) mass is 314 g/mol. The van der Waals surface area contributed by atoms with Gasteiger partial charge in [-0.25, -0.2) is 9.78 Å². The van der Waals surface area contributed by atoms with E-state index in [1.165, 1.54) is 0 Å². The SMILES string of the molecule is CCCCNC(=O)Nc1cccc(Cn2ccnc2C(C)C)c1. The summed E-state index contributed by atoms with van der Waals surface area (Å²) in [4.78, 5) is 16.2. The van der Waals surface area contributed by atoms with Crippen LogP contribution in [0, 0.1) is 0 Å². The van der Waals surface area contributed by atoms with Crippen LogP contribution >= 0.6 is 0 Å². The average Bonchev–Trinajstić information content (AvgIpc) is 2.96. The van der Waals surface area contributed by atoms with Gasteiger partial charge in [0.2, 0.25) is 0 Å². The van der Waals surface area contributed by atoms with Gasteiger partial charge in [0.25, 0.3) is 0 Å². The molecule has 2 aromatic rings. The summed E-state index contributed by atoms with van der Waals surface area (Å²) in [7, 11) is 0. The Morgan fingerprint density at radius 3 is 2.91 bits per heavy atom. The summed E-state index contributed by atoms with van der Waals surface area (Å²) in [5.74, 6) is 1.45. The van der Waals surface area contributed by atoms with Crippen molar-refractivity contribution in [1.29, 1.82) is 0 Å². The molecule has 0 atom stereocenters. The first-order chi connectivity index (χ1) is 11.1. The van der Waals surface area contributed by atoms with Gasteiger partial charge in [0.15, 0.2) is 0 Å². The molecule has 0 unspecified atom stereocenters. The van der Waals surface area contributed by atoms with E-state index in [2.05, 4.69) is 47.0 Å². The molecule has 1 aromatic heterocycles. The maximum absolute atomic E-state index is 11.8. The van der Waals surface area contributed by atoms with E-state index in [9.17, 15) is 4.79 Å². The van der Waals surface area contributed by atoms with E-state index in [-0.39, 0.29) is 6.03 Å². The lowest BCUT2D eigenvalue weighted by molar-refractivity contribution is 0.252. The highest BCUT2D eigenvalue weighted by Gasteiger charge is 2.08. The van der Waals surface area contributed by atoms with E-state index >= 15 is 0 Å². The highest BCUT2D eigenvalue weighted by atomic mass is 16.2. The van der Waals surface area contributed by atoms with E-state index in [0.717, 1.165) is 36.5 Å². The van der Waals surface area contributed by atoms with Crippen molar-refractivity contribution < 1.29 is 4.79 Å². The summed E-state index contributed by atoms with van der Waals surface area (Å²) >= 11 is 0. The minimum atomic E-state index is -0.152. The smallest absolute Gasteiger partial charge is 0.319 e. The number of aromatic nitrogens is 2. The van der Waals surface area contributed by atoms with Crippen LogP contribution in [-0.4, -0.2) is 22.1 Å². The van der Waals surface area contributed by atoms with Gasteiger partial charge in [-0.1, -0.05) is 39.3 Å². The Bertz CT molecular complexity index is 633. The van der Waals surface area contributed by atoms with Crippen LogP contribution in [0.1, 0.15) is 50.9 Å². The van der Waals surface area contributed by atoms with Crippen LogP contribution in [0.4, 0.5) is 10.5 Å². The number of amides is 2. The Kier molecular flexibility index (Phi) is 6.20. The Morgan fingerprint density at radius 1 is 1.35 bits per heavy atom. The van der Waals surface area contributed by atoms with E-state index in [1.807, 2.05) is 30.6 Å². The van der Waals surface area contributed by atoms with Crippen molar-refractivity contribution in [3.05, 3.63) is 48.0 Å². The summed E-state index contributed by atoms with van der Waals surface area (Å²) in [6.07, 6.45) is 5.89. The van der Waals surface area contributed by atoms with E-state index < -0.39 is 0 Å². The van der Waals surface area contributed by atoms with Crippen LogP contribution < -0.4 is 10.6 Å². The van der Waals surface area contributed by atoms with Gasteiger partial charge in [-0.15, -0.1) is 0 Å². The average molecular weight is 314 g/mol. The number of nitrogens with one attached hydrogen (secondary N) is 2. The lowest BCUT2D eigenvalue weighted by Crippen LogP contribution is -2.29. The maximum atomic E-state index is 11.8. The molecule has 0 bridgehead atoms. The Balaban J connectivity index is 1.99. The summed E-state index contributed by atoms with van der Waals surface area (Å²) < 4.78 is 2.14. The van der Waals surface area contributed by atoms with Crippen molar-refractivity contribution in [2.75, 3.05) is 11.9 Å².